The molecule has 2 aliphatic heterocycles. The van der Waals surface area contributed by atoms with E-state index in [0.29, 0.717) is 45.1 Å². The molecule has 2 aromatic rings. The second kappa shape index (κ2) is 7.99. The van der Waals surface area contributed by atoms with Crippen LogP contribution in [-0.4, -0.2) is 61.2 Å². The second-order valence-corrected chi connectivity index (χ2v) is 8.19. The molecule has 0 aliphatic carbocycles. The fraction of sp³-hybridized carbons (Fsp3) is 0.500. The van der Waals surface area contributed by atoms with Crippen molar-refractivity contribution in [2.24, 2.45) is 0 Å². The van der Waals surface area contributed by atoms with Crippen LogP contribution in [-0.2, 0) is 14.9 Å². The number of rotatable bonds is 4. The molecule has 0 radical (unpaired) electrons. The Morgan fingerprint density at radius 3 is 2.66 bits per heavy atom. The number of ether oxygens (including phenoxy) is 1. The van der Waals surface area contributed by atoms with Crippen LogP contribution in [0.25, 0.3) is 0 Å². The Labute approximate surface area is 170 Å². The smallest absolute Gasteiger partial charge is 0.252 e. The minimum absolute atomic E-state index is 0.0765. The van der Waals surface area contributed by atoms with E-state index in [2.05, 4.69) is 22.1 Å². The van der Waals surface area contributed by atoms with Gasteiger partial charge in [-0.05, 0) is 24.8 Å². The van der Waals surface area contributed by atoms with Crippen LogP contribution in [0.2, 0.25) is 0 Å². The number of benzene rings is 1. The largest absolute Gasteiger partial charge is 0.381 e. The number of hydrogen-bond donors (Lipinski definition) is 1. The average Bonchev–Trinajstić information content (AvgIpc) is 3.24. The molecule has 2 fully saturated rings. The second-order valence-electron chi connectivity index (χ2n) is 8.19. The zero-order valence-electron chi connectivity index (χ0n) is 17.1. The molecule has 1 aromatic carbocycles. The quantitative estimate of drug-likeness (QED) is 0.854. The number of aromatic nitrogens is 2. The number of H-pyrrole nitrogens is 1. The summed E-state index contributed by atoms with van der Waals surface area (Å²) in [6, 6.07) is 11.6. The summed E-state index contributed by atoms with van der Waals surface area (Å²) in [7, 11) is 3.70. The average molecular weight is 396 g/mol. The van der Waals surface area contributed by atoms with Gasteiger partial charge in [0.05, 0.1) is 11.1 Å². The van der Waals surface area contributed by atoms with Gasteiger partial charge in [-0.1, -0.05) is 30.3 Å². The van der Waals surface area contributed by atoms with Gasteiger partial charge in [0.2, 0.25) is 11.9 Å². The number of nitrogens with zero attached hydrogens (tertiary/aromatic N) is 3. The maximum atomic E-state index is 13.7. The molecule has 7 nitrogen and oxygen atoms in total. The summed E-state index contributed by atoms with van der Waals surface area (Å²) in [5, 5.41) is 0. The molecule has 0 unspecified atom stereocenters. The maximum Gasteiger partial charge on any atom is 0.252 e. The highest BCUT2D eigenvalue weighted by atomic mass is 16.5. The summed E-state index contributed by atoms with van der Waals surface area (Å²) in [4.78, 5) is 36.9. The third kappa shape index (κ3) is 3.79. The molecule has 4 rings (SSSR count). The first kappa shape index (κ1) is 19.6. The third-order valence-corrected chi connectivity index (χ3v) is 6.15. The van der Waals surface area contributed by atoms with Gasteiger partial charge in [0.25, 0.3) is 5.56 Å². The fourth-order valence-corrected chi connectivity index (χ4v) is 4.48. The molecule has 3 heterocycles. The van der Waals surface area contributed by atoms with E-state index in [0.717, 1.165) is 17.7 Å². The van der Waals surface area contributed by atoms with E-state index in [1.165, 1.54) is 0 Å². The predicted molar refractivity (Wildman–Crippen MR) is 111 cm³/mol. The van der Waals surface area contributed by atoms with Crippen molar-refractivity contribution in [2.45, 2.75) is 30.6 Å². The van der Waals surface area contributed by atoms with Gasteiger partial charge in [-0.2, -0.15) is 0 Å². The highest BCUT2D eigenvalue weighted by Crippen LogP contribution is 2.39. The van der Waals surface area contributed by atoms with E-state index in [-0.39, 0.29) is 17.4 Å². The van der Waals surface area contributed by atoms with Crippen molar-refractivity contribution >= 4 is 11.9 Å². The normalized spacial score (nSPS) is 21.2. The fourth-order valence-electron chi connectivity index (χ4n) is 4.48. The van der Waals surface area contributed by atoms with E-state index in [1.54, 1.807) is 11.0 Å². The lowest BCUT2D eigenvalue weighted by Crippen LogP contribution is -2.49. The Kier molecular flexibility index (Phi) is 5.41. The van der Waals surface area contributed by atoms with E-state index in [1.807, 2.05) is 37.2 Å². The number of carbonyl (C=O) groups is 1. The number of amides is 1. The summed E-state index contributed by atoms with van der Waals surface area (Å²) in [6.45, 7) is 2.47. The molecule has 1 N–H and O–H groups in total. The molecule has 1 amide bonds. The Hall–Kier alpha value is -2.67. The lowest BCUT2D eigenvalue weighted by Gasteiger charge is -2.39. The van der Waals surface area contributed by atoms with Gasteiger partial charge >= 0.3 is 0 Å². The molecule has 7 heteroatoms. The molecule has 2 aliphatic rings. The summed E-state index contributed by atoms with van der Waals surface area (Å²) >= 11 is 0. The van der Waals surface area contributed by atoms with Crippen molar-refractivity contribution in [3.63, 3.8) is 0 Å². The lowest BCUT2D eigenvalue weighted by molar-refractivity contribution is -0.140. The SMILES string of the molecule is CN(C)c1nc([C@@H]2CCN(C(=O)C3(c4ccccc4)CCOCC3)C2)cc(=O)[nH]1. The summed E-state index contributed by atoms with van der Waals surface area (Å²) in [5.41, 5.74) is 1.15. The van der Waals surface area contributed by atoms with E-state index < -0.39 is 5.41 Å². The van der Waals surface area contributed by atoms with Crippen LogP contribution < -0.4 is 10.5 Å². The van der Waals surface area contributed by atoms with Gasteiger partial charge in [0.15, 0.2) is 0 Å². The van der Waals surface area contributed by atoms with Crippen molar-refractivity contribution < 1.29 is 9.53 Å². The van der Waals surface area contributed by atoms with Gasteiger partial charge in [-0.15, -0.1) is 0 Å². The van der Waals surface area contributed by atoms with Crippen molar-refractivity contribution in [3.05, 3.63) is 58.0 Å². The molecule has 29 heavy (non-hydrogen) atoms. The zero-order valence-corrected chi connectivity index (χ0v) is 17.1. The van der Waals surface area contributed by atoms with E-state index in [9.17, 15) is 9.59 Å². The highest BCUT2D eigenvalue weighted by molar-refractivity contribution is 5.88. The number of aromatic amines is 1. The Morgan fingerprint density at radius 2 is 1.97 bits per heavy atom. The zero-order chi connectivity index (χ0) is 20.4. The molecular formula is C22H28N4O3. The first-order valence-corrected chi connectivity index (χ1v) is 10.2. The topological polar surface area (TPSA) is 78.5 Å². The highest BCUT2D eigenvalue weighted by Gasteiger charge is 2.45. The number of carbonyl (C=O) groups excluding carboxylic acids is 1. The molecule has 0 bridgehead atoms. The van der Waals surface area contributed by atoms with Crippen LogP contribution in [0.4, 0.5) is 5.95 Å². The molecule has 2 saturated heterocycles. The van der Waals surface area contributed by atoms with Crippen molar-refractivity contribution in [1.29, 1.82) is 0 Å². The van der Waals surface area contributed by atoms with Crippen molar-refractivity contribution in [2.75, 3.05) is 45.3 Å². The number of nitrogens with one attached hydrogen (secondary N) is 1. The van der Waals surface area contributed by atoms with Crippen LogP contribution in [0.1, 0.15) is 36.4 Å². The van der Waals surface area contributed by atoms with Crippen LogP contribution in [0, 0.1) is 0 Å². The van der Waals surface area contributed by atoms with Gasteiger partial charge in [-0.25, -0.2) is 4.98 Å². The van der Waals surface area contributed by atoms with E-state index in [4.69, 9.17) is 4.74 Å². The summed E-state index contributed by atoms with van der Waals surface area (Å²) < 4.78 is 5.57. The van der Waals surface area contributed by atoms with Crippen molar-refractivity contribution in [3.8, 4) is 0 Å². The third-order valence-electron chi connectivity index (χ3n) is 6.15. The van der Waals surface area contributed by atoms with Crippen LogP contribution in [0.5, 0.6) is 0 Å². The van der Waals surface area contributed by atoms with Gasteiger partial charge < -0.3 is 14.5 Å². The minimum Gasteiger partial charge on any atom is -0.381 e. The first-order chi connectivity index (χ1) is 14.0. The van der Waals surface area contributed by atoms with E-state index >= 15 is 0 Å². The lowest BCUT2D eigenvalue weighted by atomic mass is 9.73. The van der Waals surface area contributed by atoms with Crippen LogP contribution >= 0.6 is 0 Å². The standard InChI is InChI=1S/C22H28N4O3/c1-25(2)21-23-18(14-19(27)24-21)16-8-11-26(15-16)20(28)22(9-12-29-13-10-22)17-6-4-3-5-7-17/h3-7,14,16H,8-13,15H2,1-2H3,(H,23,24,27)/t16-/m1/s1. The van der Waals surface area contributed by atoms with Gasteiger partial charge in [0, 0.05) is 52.4 Å². The maximum absolute atomic E-state index is 13.7. The Morgan fingerprint density at radius 1 is 1.24 bits per heavy atom. The van der Waals surface area contributed by atoms with Gasteiger partial charge in [-0.3, -0.25) is 14.6 Å². The molecular weight excluding hydrogens is 368 g/mol. The molecule has 0 spiro atoms. The molecule has 154 valence electrons. The molecule has 1 atom stereocenters. The van der Waals surface area contributed by atoms with Crippen molar-refractivity contribution in [1.82, 2.24) is 14.9 Å². The molecule has 1 aromatic heterocycles. The Bertz CT molecular complexity index is 919. The molecule has 0 saturated carbocycles. The van der Waals surface area contributed by atoms with Crippen LogP contribution in [0.3, 0.4) is 0 Å². The Balaban J connectivity index is 1.58. The minimum atomic E-state index is -0.523. The first-order valence-electron chi connectivity index (χ1n) is 10.2. The number of likely N-dealkylation sites (tertiary alicyclic amines) is 1. The summed E-state index contributed by atoms with van der Waals surface area (Å²) in [5.74, 6) is 0.794. The number of anilines is 1. The summed E-state index contributed by atoms with van der Waals surface area (Å²) in [6.07, 6.45) is 2.21. The number of hydrogen-bond acceptors (Lipinski definition) is 5. The van der Waals surface area contributed by atoms with Crippen LogP contribution in [0.15, 0.2) is 41.2 Å². The monoisotopic (exact) mass is 396 g/mol. The predicted octanol–water partition coefficient (Wildman–Crippen LogP) is 1.90. The van der Waals surface area contributed by atoms with Gasteiger partial charge in [0.1, 0.15) is 0 Å².